The number of carbonyl (C=O) groups is 2. The molecule has 0 spiro atoms. The molecule has 1 aliphatic heterocycles. The van der Waals surface area contributed by atoms with Gasteiger partial charge in [-0.3, -0.25) is 4.79 Å². The first-order chi connectivity index (χ1) is 13.3. The van der Waals surface area contributed by atoms with Gasteiger partial charge in [0.2, 0.25) is 0 Å². The molecule has 3 rings (SSSR count). The monoisotopic (exact) mass is 406 g/mol. The van der Waals surface area contributed by atoms with Crippen LogP contribution in [0.4, 0.5) is 13.2 Å². The van der Waals surface area contributed by atoms with Crippen molar-refractivity contribution in [1.29, 1.82) is 0 Å². The van der Waals surface area contributed by atoms with E-state index in [9.17, 15) is 22.8 Å². The van der Waals surface area contributed by atoms with E-state index in [1.807, 2.05) is 0 Å². The lowest BCUT2D eigenvalue weighted by Crippen LogP contribution is -2.46. The van der Waals surface area contributed by atoms with E-state index >= 15 is 0 Å². The van der Waals surface area contributed by atoms with E-state index in [2.05, 4.69) is 15.4 Å². The van der Waals surface area contributed by atoms with Crippen molar-refractivity contribution in [2.24, 2.45) is 0 Å². The van der Waals surface area contributed by atoms with E-state index in [1.165, 1.54) is 18.2 Å². The topological polar surface area (TPSA) is 67.4 Å². The van der Waals surface area contributed by atoms with Gasteiger partial charge in [0, 0.05) is 5.56 Å². The molecular formula is C19H13F3N2O3S. The molecule has 0 radical (unpaired) electrons. The maximum absolute atomic E-state index is 14.4. The molecule has 2 aromatic rings. The third-order valence-electron chi connectivity index (χ3n) is 4.12. The van der Waals surface area contributed by atoms with Gasteiger partial charge in [0.05, 0.1) is 30.0 Å². The molecule has 0 bridgehead atoms. The number of benzene rings is 2. The van der Waals surface area contributed by atoms with Gasteiger partial charge in [-0.25, -0.2) is 18.0 Å². The highest BCUT2D eigenvalue weighted by Crippen LogP contribution is 2.35. The molecule has 2 N–H and O–H groups in total. The van der Waals surface area contributed by atoms with Crippen molar-refractivity contribution in [1.82, 2.24) is 10.6 Å². The van der Waals surface area contributed by atoms with E-state index in [4.69, 9.17) is 12.2 Å². The first-order valence-corrected chi connectivity index (χ1v) is 8.39. The Kier molecular flexibility index (Phi) is 5.46. The molecule has 0 saturated heterocycles. The minimum absolute atomic E-state index is 0.0969. The zero-order chi connectivity index (χ0) is 20.4. The maximum Gasteiger partial charge on any atom is 0.379 e. The van der Waals surface area contributed by atoms with Crippen LogP contribution in [0.1, 0.15) is 17.2 Å². The molecule has 5 nitrogen and oxygen atoms in total. The Bertz CT molecular complexity index is 1000. The Labute approximate surface area is 163 Å². The molecule has 28 heavy (non-hydrogen) atoms. The van der Waals surface area contributed by atoms with Crippen molar-refractivity contribution in [2.45, 2.75) is 6.04 Å². The smallest absolute Gasteiger partial charge is 0.379 e. The fourth-order valence-corrected chi connectivity index (χ4v) is 3.11. The largest absolute Gasteiger partial charge is 0.463 e. The highest BCUT2D eigenvalue weighted by Gasteiger charge is 2.38. The summed E-state index contributed by atoms with van der Waals surface area (Å²) >= 11 is 5.07. The molecule has 1 atom stereocenters. The Morgan fingerprint density at radius 3 is 2.21 bits per heavy atom. The van der Waals surface area contributed by atoms with Crippen LogP contribution in [0.2, 0.25) is 0 Å². The van der Waals surface area contributed by atoms with Gasteiger partial charge in [-0.1, -0.05) is 18.2 Å². The molecule has 0 amide bonds. The van der Waals surface area contributed by atoms with Gasteiger partial charge < -0.3 is 15.4 Å². The SMILES string of the molecule is COC(=O)C(=O)C1=C(c2ccccc2F)NC(=S)N[C@H]1c1c(F)cccc1F. The molecule has 0 unspecified atom stereocenters. The number of ketones is 1. The lowest BCUT2D eigenvalue weighted by atomic mass is 9.89. The first kappa shape index (κ1) is 19.6. The quantitative estimate of drug-likeness (QED) is 0.463. The van der Waals surface area contributed by atoms with E-state index in [0.717, 1.165) is 31.4 Å². The van der Waals surface area contributed by atoms with Crippen molar-refractivity contribution in [3.63, 3.8) is 0 Å². The minimum Gasteiger partial charge on any atom is -0.463 e. The maximum atomic E-state index is 14.4. The average Bonchev–Trinajstić information content (AvgIpc) is 2.66. The fourth-order valence-electron chi connectivity index (χ4n) is 2.89. The lowest BCUT2D eigenvalue weighted by Gasteiger charge is -2.31. The lowest BCUT2D eigenvalue weighted by molar-refractivity contribution is -0.150. The van der Waals surface area contributed by atoms with E-state index in [-0.39, 0.29) is 16.4 Å². The van der Waals surface area contributed by atoms with E-state index < -0.39 is 46.4 Å². The summed E-state index contributed by atoms with van der Waals surface area (Å²) in [5, 5.41) is 5.08. The summed E-state index contributed by atoms with van der Waals surface area (Å²) in [5.74, 6) is -5.13. The minimum atomic E-state index is -1.48. The van der Waals surface area contributed by atoms with Gasteiger partial charge in [0.15, 0.2) is 5.11 Å². The predicted octanol–water partition coefficient (Wildman–Crippen LogP) is 2.78. The molecular weight excluding hydrogens is 393 g/mol. The number of hydrogen-bond donors (Lipinski definition) is 2. The van der Waals surface area contributed by atoms with Crippen molar-refractivity contribution >= 4 is 34.8 Å². The molecule has 1 heterocycles. The van der Waals surface area contributed by atoms with Crippen molar-refractivity contribution in [2.75, 3.05) is 7.11 Å². The van der Waals surface area contributed by atoms with Gasteiger partial charge in [0.25, 0.3) is 5.78 Å². The third kappa shape index (κ3) is 3.48. The van der Waals surface area contributed by atoms with Crippen LogP contribution in [0, 0.1) is 17.5 Å². The fraction of sp³-hybridized carbons (Fsp3) is 0.105. The summed E-state index contributed by atoms with van der Waals surface area (Å²) in [7, 11) is 0.983. The second-order valence-electron chi connectivity index (χ2n) is 5.76. The molecule has 2 aromatic carbocycles. The summed E-state index contributed by atoms with van der Waals surface area (Å²) in [6.07, 6.45) is 0. The summed E-state index contributed by atoms with van der Waals surface area (Å²) in [6, 6.07) is 7.06. The van der Waals surface area contributed by atoms with Gasteiger partial charge in [-0.15, -0.1) is 0 Å². The second-order valence-corrected chi connectivity index (χ2v) is 6.16. The van der Waals surface area contributed by atoms with Crippen molar-refractivity contribution in [3.05, 3.63) is 76.6 Å². The number of hydrogen-bond acceptors (Lipinski definition) is 4. The summed E-state index contributed by atoms with van der Waals surface area (Å²) in [4.78, 5) is 24.6. The molecule has 0 aromatic heterocycles. The zero-order valence-electron chi connectivity index (χ0n) is 14.4. The number of thiocarbonyl (C=S) groups is 1. The normalized spacial score (nSPS) is 16.3. The number of methoxy groups -OCH3 is 1. The third-order valence-corrected chi connectivity index (χ3v) is 4.34. The van der Waals surface area contributed by atoms with Gasteiger partial charge in [0.1, 0.15) is 17.5 Å². The highest BCUT2D eigenvalue weighted by atomic mass is 32.1. The number of carbonyl (C=O) groups excluding carboxylic acids is 2. The van der Waals surface area contributed by atoms with E-state index in [1.54, 1.807) is 0 Å². The molecule has 144 valence electrons. The van der Waals surface area contributed by atoms with Crippen LogP contribution >= 0.6 is 12.2 Å². The summed E-state index contributed by atoms with van der Waals surface area (Å²) in [6.45, 7) is 0. The molecule has 0 fully saturated rings. The van der Waals surface area contributed by atoms with Gasteiger partial charge in [-0.2, -0.15) is 0 Å². The molecule has 9 heteroatoms. The molecule has 0 aliphatic carbocycles. The number of Topliss-reactive ketones (excluding diaryl/α,β-unsaturated/α-hetero) is 1. The number of nitrogens with one attached hydrogen (secondary N) is 2. The second kappa shape index (κ2) is 7.81. The molecule has 0 saturated carbocycles. The van der Waals surface area contributed by atoms with Crippen LogP contribution in [0.25, 0.3) is 5.70 Å². The van der Waals surface area contributed by atoms with E-state index in [0.29, 0.717) is 0 Å². The number of rotatable bonds is 4. The van der Waals surface area contributed by atoms with Crippen LogP contribution in [0.3, 0.4) is 0 Å². The van der Waals surface area contributed by atoms with Crippen molar-refractivity contribution in [3.8, 4) is 0 Å². The predicted molar refractivity (Wildman–Crippen MR) is 98.3 cm³/mol. The van der Waals surface area contributed by atoms with Crippen LogP contribution in [0.5, 0.6) is 0 Å². The number of ether oxygens (including phenoxy) is 1. The van der Waals surface area contributed by atoms with Gasteiger partial charge >= 0.3 is 5.97 Å². The highest BCUT2D eigenvalue weighted by molar-refractivity contribution is 7.80. The number of halogens is 3. The van der Waals surface area contributed by atoms with Crippen LogP contribution in [-0.4, -0.2) is 24.0 Å². The van der Waals surface area contributed by atoms with Crippen LogP contribution in [0.15, 0.2) is 48.0 Å². The Hall–Kier alpha value is -3.20. The zero-order valence-corrected chi connectivity index (χ0v) is 15.2. The Morgan fingerprint density at radius 2 is 1.61 bits per heavy atom. The Morgan fingerprint density at radius 1 is 1.00 bits per heavy atom. The van der Waals surface area contributed by atoms with Crippen molar-refractivity contribution < 1.29 is 27.5 Å². The summed E-state index contributed by atoms with van der Waals surface area (Å²) < 4.78 is 47.7. The summed E-state index contributed by atoms with van der Waals surface area (Å²) in [5.41, 5.74) is -1.23. The van der Waals surface area contributed by atoms with Crippen LogP contribution in [-0.2, 0) is 14.3 Å². The number of esters is 1. The van der Waals surface area contributed by atoms with Gasteiger partial charge in [-0.05, 0) is 36.5 Å². The van der Waals surface area contributed by atoms with Crippen LogP contribution < -0.4 is 10.6 Å². The Balaban J connectivity index is 2.33. The molecule has 1 aliphatic rings. The first-order valence-electron chi connectivity index (χ1n) is 7.98. The standard InChI is InChI=1S/C19H13F3N2O3S/c1-27-18(26)17(25)14-15(9-5-2-3-6-10(9)20)23-19(28)24-16(14)13-11(21)7-4-8-12(13)22/h2-8,16H,1H3,(H2,23,24,28)/t16-/m0/s1. The average molecular weight is 406 g/mol.